The lowest BCUT2D eigenvalue weighted by atomic mass is 10.2. The zero-order valence-electron chi connectivity index (χ0n) is 11.7. The molecule has 0 fully saturated rings. The van der Waals surface area contributed by atoms with E-state index in [1.165, 1.54) is 0 Å². The Kier molecular flexibility index (Phi) is 3.23. The predicted molar refractivity (Wildman–Crippen MR) is 77.1 cm³/mol. The Morgan fingerprint density at radius 2 is 2.10 bits per heavy atom. The number of fused-ring (bicyclic) bond motifs is 1. The second kappa shape index (κ2) is 5.05. The van der Waals surface area contributed by atoms with Crippen LogP contribution in [0.5, 0.6) is 0 Å². The third kappa shape index (κ3) is 2.18. The molecular formula is C14H18N6. The van der Waals surface area contributed by atoms with Crippen molar-refractivity contribution in [1.82, 2.24) is 24.8 Å². The molecule has 0 amide bonds. The molecule has 2 heterocycles. The minimum Gasteiger partial charge on any atom is -0.323 e. The van der Waals surface area contributed by atoms with Crippen LogP contribution < -0.4 is 5.73 Å². The fraction of sp³-hybridized carbons (Fsp3) is 0.357. The summed E-state index contributed by atoms with van der Waals surface area (Å²) >= 11 is 0. The highest BCUT2D eigenvalue weighted by Gasteiger charge is 2.11. The van der Waals surface area contributed by atoms with Crippen LogP contribution in [0.1, 0.15) is 31.3 Å². The molecule has 104 valence electrons. The van der Waals surface area contributed by atoms with Crippen LogP contribution in [0, 0.1) is 0 Å². The molecule has 0 spiro atoms. The minimum atomic E-state index is -0.103. The summed E-state index contributed by atoms with van der Waals surface area (Å²) in [5, 5.41) is 14.0. The first-order valence-corrected chi connectivity index (χ1v) is 6.79. The van der Waals surface area contributed by atoms with E-state index in [0.717, 1.165) is 28.8 Å². The number of aromatic nitrogens is 5. The van der Waals surface area contributed by atoms with Crippen molar-refractivity contribution in [3.63, 3.8) is 0 Å². The molecule has 2 aromatic heterocycles. The molecule has 0 aliphatic carbocycles. The third-order valence-corrected chi connectivity index (χ3v) is 3.37. The molecule has 1 unspecified atom stereocenters. The van der Waals surface area contributed by atoms with E-state index in [1.807, 2.05) is 29.9 Å². The highest BCUT2D eigenvalue weighted by atomic mass is 15.4. The van der Waals surface area contributed by atoms with E-state index >= 15 is 0 Å². The zero-order valence-corrected chi connectivity index (χ0v) is 11.7. The molecule has 2 N–H and O–H groups in total. The van der Waals surface area contributed by atoms with Gasteiger partial charge < -0.3 is 5.73 Å². The third-order valence-electron chi connectivity index (χ3n) is 3.37. The van der Waals surface area contributed by atoms with Crippen molar-refractivity contribution in [2.24, 2.45) is 5.73 Å². The predicted octanol–water partition coefficient (Wildman–Crippen LogP) is 1.72. The van der Waals surface area contributed by atoms with E-state index < -0.39 is 0 Å². The molecule has 0 aliphatic heterocycles. The van der Waals surface area contributed by atoms with Crippen LogP contribution in [-0.2, 0) is 13.1 Å². The van der Waals surface area contributed by atoms with Crippen LogP contribution in [0.25, 0.3) is 10.9 Å². The molecule has 0 radical (unpaired) electrons. The van der Waals surface area contributed by atoms with Crippen LogP contribution in [0.15, 0.2) is 30.5 Å². The number of nitrogens with zero attached hydrogens (tertiary/aromatic N) is 5. The van der Waals surface area contributed by atoms with Gasteiger partial charge in [0, 0.05) is 18.0 Å². The second-order valence-electron chi connectivity index (χ2n) is 4.91. The number of rotatable bonds is 4. The molecule has 6 heteroatoms. The van der Waals surface area contributed by atoms with Gasteiger partial charge in [-0.1, -0.05) is 23.4 Å². The van der Waals surface area contributed by atoms with E-state index in [0.29, 0.717) is 6.54 Å². The lowest BCUT2D eigenvalue weighted by molar-refractivity contribution is 0.610. The molecule has 0 aliphatic rings. The Hall–Kier alpha value is -2.21. The first-order chi connectivity index (χ1) is 9.69. The van der Waals surface area contributed by atoms with E-state index in [9.17, 15) is 0 Å². The molecule has 0 bridgehead atoms. The van der Waals surface area contributed by atoms with Crippen LogP contribution in [0.4, 0.5) is 0 Å². The summed E-state index contributed by atoms with van der Waals surface area (Å²) in [4.78, 5) is 0. The summed E-state index contributed by atoms with van der Waals surface area (Å²) in [6.07, 6.45) is 1.88. The quantitative estimate of drug-likeness (QED) is 0.783. The normalized spacial score (nSPS) is 12.9. The number of aryl methyl sites for hydroxylation is 1. The van der Waals surface area contributed by atoms with Crippen molar-refractivity contribution in [3.8, 4) is 0 Å². The summed E-state index contributed by atoms with van der Waals surface area (Å²) in [5.74, 6) is 0. The van der Waals surface area contributed by atoms with Gasteiger partial charge >= 0.3 is 0 Å². The zero-order chi connectivity index (χ0) is 14.1. The minimum absolute atomic E-state index is 0.103. The number of hydrogen-bond donors (Lipinski definition) is 1. The lowest BCUT2D eigenvalue weighted by Gasteiger charge is -1.98. The van der Waals surface area contributed by atoms with Crippen LogP contribution >= 0.6 is 0 Å². The Balaban J connectivity index is 1.97. The van der Waals surface area contributed by atoms with E-state index in [4.69, 9.17) is 5.73 Å². The van der Waals surface area contributed by atoms with Crippen molar-refractivity contribution in [2.45, 2.75) is 33.0 Å². The highest BCUT2D eigenvalue weighted by Crippen LogP contribution is 2.19. The average Bonchev–Trinajstić information content (AvgIpc) is 3.05. The van der Waals surface area contributed by atoms with E-state index in [1.54, 1.807) is 4.68 Å². The van der Waals surface area contributed by atoms with Gasteiger partial charge in [-0.25, -0.2) is 4.68 Å². The number of nitrogens with two attached hydrogens (primary N) is 1. The van der Waals surface area contributed by atoms with Gasteiger partial charge in [-0.05, 0) is 19.9 Å². The Bertz CT molecular complexity index is 724. The maximum atomic E-state index is 5.80. The molecule has 3 rings (SSSR count). The number of para-hydroxylation sites is 1. The fourth-order valence-corrected chi connectivity index (χ4v) is 2.31. The van der Waals surface area contributed by atoms with Crippen molar-refractivity contribution >= 4 is 10.9 Å². The van der Waals surface area contributed by atoms with Gasteiger partial charge in [-0.2, -0.15) is 5.10 Å². The fourth-order valence-electron chi connectivity index (χ4n) is 2.31. The van der Waals surface area contributed by atoms with Gasteiger partial charge in [0.15, 0.2) is 0 Å². The molecule has 3 aromatic rings. The first kappa shape index (κ1) is 12.8. The summed E-state index contributed by atoms with van der Waals surface area (Å²) < 4.78 is 3.79. The summed E-state index contributed by atoms with van der Waals surface area (Å²) in [5.41, 5.74) is 8.75. The van der Waals surface area contributed by atoms with Gasteiger partial charge in [0.25, 0.3) is 0 Å². The molecule has 0 saturated heterocycles. The molecular weight excluding hydrogens is 252 g/mol. The van der Waals surface area contributed by atoms with Crippen molar-refractivity contribution in [2.75, 3.05) is 0 Å². The number of benzene rings is 1. The Morgan fingerprint density at radius 1 is 1.30 bits per heavy atom. The summed E-state index contributed by atoms with van der Waals surface area (Å²) in [6.45, 7) is 5.44. The monoisotopic (exact) mass is 270 g/mol. The van der Waals surface area contributed by atoms with E-state index in [2.05, 4.69) is 34.5 Å². The summed E-state index contributed by atoms with van der Waals surface area (Å²) in [7, 11) is 0. The van der Waals surface area contributed by atoms with Crippen molar-refractivity contribution in [1.29, 1.82) is 0 Å². The Morgan fingerprint density at radius 3 is 2.80 bits per heavy atom. The molecule has 20 heavy (non-hydrogen) atoms. The van der Waals surface area contributed by atoms with Crippen LogP contribution in [0.2, 0.25) is 0 Å². The maximum absolute atomic E-state index is 5.80. The topological polar surface area (TPSA) is 74.5 Å². The molecule has 6 nitrogen and oxygen atoms in total. The highest BCUT2D eigenvalue weighted by molar-refractivity contribution is 5.81. The second-order valence-corrected chi connectivity index (χ2v) is 4.91. The van der Waals surface area contributed by atoms with Crippen LogP contribution in [0.3, 0.4) is 0 Å². The van der Waals surface area contributed by atoms with Gasteiger partial charge in [0.2, 0.25) is 0 Å². The van der Waals surface area contributed by atoms with Gasteiger partial charge in [-0.3, -0.25) is 4.68 Å². The Labute approximate surface area is 117 Å². The van der Waals surface area contributed by atoms with Crippen molar-refractivity contribution in [3.05, 3.63) is 41.9 Å². The smallest absolute Gasteiger partial charge is 0.0991 e. The largest absolute Gasteiger partial charge is 0.323 e. The first-order valence-electron chi connectivity index (χ1n) is 6.79. The lowest BCUT2D eigenvalue weighted by Crippen LogP contribution is -2.05. The summed E-state index contributed by atoms with van der Waals surface area (Å²) in [6, 6.07) is 8.14. The van der Waals surface area contributed by atoms with Gasteiger partial charge in [-0.15, -0.1) is 5.10 Å². The molecule has 0 saturated carbocycles. The van der Waals surface area contributed by atoms with Crippen LogP contribution in [-0.4, -0.2) is 24.8 Å². The standard InChI is InChI=1S/C14H18N6/c1-3-20-14-7-5-4-6-11(14)13(17-20)9-19-8-12(10(2)15)16-18-19/h4-8,10H,3,9,15H2,1-2H3. The average molecular weight is 270 g/mol. The molecule has 1 atom stereocenters. The van der Waals surface area contributed by atoms with Crippen molar-refractivity contribution < 1.29 is 0 Å². The van der Waals surface area contributed by atoms with Gasteiger partial charge in [0.1, 0.15) is 0 Å². The molecule has 1 aromatic carbocycles. The SMILES string of the molecule is CCn1nc(Cn2cc(C(C)N)nn2)c2ccccc21. The van der Waals surface area contributed by atoms with Gasteiger partial charge in [0.05, 0.1) is 29.6 Å². The number of hydrogen-bond acceptors (Lipinski definition) is 4. The van der Waals surface area contributed by atoms with E-state index in [-0.39, 0.29) is 6.04 Å². The maximum Gasteiger partial charge on any atom is 0.0991 e.